The van der Waals surface area contributed by atoms with Gasteiger partial charge in [0.15, 0.2) is 0 Å². The lowest BCUT2D eigenvalue weighted by molar-refractivity contribution is 0.397. The Bertz CT molecular complexity index is 468. The molecule has 0 amide bonds. The molecular weight excluding hydrogens is 250 g/mol. The molecular formula is C13H21NO3S. The van der Waals surface area contributed by atoms with Gasteiger partial charge < -0.3 is 5.11 Å². The lowest BCUT2D eigenvalue weighted by atomic mass is 10.1. The lowest BCUT2D eigenvalue weighted by Gasteiger charge is -2.24. The smallest absolute Gasteiger partial charge is 0.214 e. The van der Waals surface area contributed by atoms with Crippen LogP contribution in [0.2, 0.25) is 0 Å². The van der Waals surface area contributed by atoms with Crippen LogP contribution in [0.15, 0.2) is 24.3 Å². The number of hydrogen-bond acceptors (Lipinski definition) is 3. The van der Waals surface area contributed by atoms with E-state index in [-0.39, 0.29) is 17.5 Å². The van der Waals surface area contributed by atoms with Gasteiger partial charge in [0, 0.05) is 13.1 Å². The van der Waals surface area contributed by atoms with Crippen LogP contribution in [0.1, 0.15) is 38.3 Å². The maximum Gasteiger partial charge on any atom is 0.214 e. The Balaban J connectivity index is 2.83. The molecule has 0 aliphatic heterocycles. The fraction of sp³-hybridized carbons (Fsp3) is 0.538. The molecule has 0 saturated carbocycles. The van der Waals surface area contributed by atoms with E-state index >= 15 is 0 Å². The standard InChI is InChI=1S/C13H21NO3S/c1-4-5-10-18(16,17)14(3)11(2)12-6-8-13(15)9-7-12/h6-9,11,15H,4-5,10H2,1-3H3. The Labute approximate surface area is 109 Å². The summed E-state index contributed by atoms with van der Waals surface area (Å²) in [5, 5.41) is 9.22. The number of nitrogens with zero attached hydrogens (tertiary/aromatic N) is 1. The van der Waals surface area contributed by atoms with Crippen LogP contribution in [-0.4, -0.2) is 30.6 Å². The van der Waals surface area contributed by atoms with Gasteiger partial charge in [0.25, 0.3) is 0 Å². The summed E-state index contributed by atoms with van der Waals surface area (Å²) in [4.78, 5) is 0. The molecule has 0 aromatic heterocycles. The average Bonchev–Trinajstić information content (AvgIpc) is 2.35. The summed E-state index contributed by atoms with van der Waals surface area (Å²) in [6.45, 7) is 3.81. The third-order valence-electron chi connectivity index (χ3n) is 3.12. The molecule has 1 unspecified atom stereocenters. The predicted molar refractivity (Wildman–Crippen MR) is 73.0 cm³/mol. The highest BCUT2D eigenvalue weighted by Gasteiger charge is 2.23. The topological polar surface area (TPSA) is 57.6 Å². The normalized spacial score (nSPS) is 13.8. The summed E-state index contributed by atoms with van der Waals surface area (Å²) >= 11 is 0. The zero-order valence-electron chi connectivity index (χ0n) is 11.1. The predicted octanol–water partition coefficient (Wildman–Crippen LogP) is 2.51. The summed E-state index contributed by atoms with van der Waals surface area (Å²) in [5.41, 5.74) is 0.871. The zero-order valence-corrected chi connectivity index (χ0v) is 11.9. The maximum atomic E-state index is 12.0. The number of hydrogen-bond donors (Lipinski definition) is 1. The minimum absolute atomic E-state index is 0.183. The summed E-state index contributed by atoms with van der Waals surface area (Å²) in [6, 6.07) is 6.39. The molecule has 1 aromatic rings. The fourth-order valence-electron chi connectivity index (χ4n) is 1.67. The molecule has 102 valence electrons. The van der Waals surface area contributed by atoms with Gasteiger partial charge in [-0.15, -0.1) is 0 Å². The van der Waals surface area contributed by atoms with Crippen molar-refractivity contribution in [3.05, 3.63) is 29.8 Å². The van der Waals surface area contributed by atoms with E-state index in [9.17, 15) is 13.5 Å². The third kappa shape index (κ3) is 3.71. The Morgan fingerprint density at radius 1 is 1.28 bits per heavy atom. The Hall–Kier alpha value is -1.07. The van der Waals surface area contributed by atoms with E-state index in [2.05, 4.69) is 0 Å². The van der Waals surface area contributed by atoms with E-state index in [0.29, 0.717) is 6.42 Å². The van der Waals surface area contributed by atoms with Gasteiger partial charge in [-0.05, 0) is 31.0 Å². The van der Waals surface area contributed by atoms with Crippen molar-refractivity contribution in [3.63, 3.8) is 0 Å². The Morgan fingerprint density at radius 3 is 2.33 bits per heavy atom. The number of sulfonamides is 1. The first-order valence-corrected chi connectivity index (χ1v) is 7.74. The molecule has 1 rings (SSSR count). The molecule has 0 spiro atoms. The molecule has 1 aromatic carbocycles. The van der Waals surface area contributed by atoms with E-state index in [1.165, 1.54) is 4.31 Å². The van der Waals surface area contributed by atoms with Crippen molar-refractivity contribution in [1.29, 1.82) is 0 Å². The van der Waals surface area contributed by atoms with Crippen LogP contribution in [0.3, 0.4) is 0 Å². The van der Waals surface area contributed by atoms with Crippen molar-refractivity contribution in [2.45, 2.75) is 32.7 Å². The van der Waals surface area contributed by atoms with Crippen molar-refractivity contribution in [1.82, 2.24) is 4.31 Å². The highest BCUT2D eigenvalue weighted by Crippen LogP contribution is 2.23. The molecule has 0 heterocycles. The number of benzene rings is 1. The summed E-state index contributed by atoms with van der Waals surface area (Å²) in [7, 11) is -1.61. The van der Waals surface area contributed by atoms with Crippen molar-refractivity contribution >= 4 is 10.0 Å². The second kappa shape index (κ2) is 6.20. The Morgan fingerprint density at radius 2 is 1.83 bits per heavy atom. The van der Waals surface area contributed by atoms with Crippen molar-refractivity contribution < 1.29 is 13.5 Å². The number of aromatic hydroxyl groups is 1. The summed E-state index contributed by atoms with van der Waals surface area (Å²) in [5.74, 6) is 0.366. The summed E-state index contributed by atoms with van der Waals surface area (Å²) in [6.07, 6.45) is 1.54. The van der Waals surface area contributed by atoms with Crippen LogP contribution in [0.4, 0.5) is 0 Å². The van der Waals surface area contributed by atoms with Crippen LogP contribution in [0.25, 0.3) is 0 Å². The SMILES string of the molecule is CCCCS(=O)(=O)N(C)C(C)c1ccc(O)cc1. The quantitative estimate of drug-likeness (QED) is 0.865. The minimum atomic E-state index is -3.21. The van der Waals surface area contributed by atoms with E-state index in [1.807, 2.05) is 13.8 Å². The first-order valence-electron chi connectivity index (χ1n) is 6.13. The van der Waals surface area contributed by atoms with Gasteiger partial charge >= 0.3 is 0 Å². The highest BCUT2D eigenvalue weighted by atomic mass is 32.2. The van der Waals surface area contributed by atoms with Crippen molar-refractivity contribution in [3.8, 4) is 5.75 Å². The van der Waals surface area contributed by atoms with Gasteiger partial charge in [-0.3, -0.25) is 0 Å². The van der Waals surface area contributed by atoms with Crippen LogP contribution < -0.4 is 0 Å². The molecule has 0 saturated heterocycles. The number of rotatable bonds is 6. The second-order valence-corrected chi connectivity index (χ2v) is 6.60. The lowest BCUT2D eigenvalue weighted by Crippen LogP contribution is -2.31. The van der Waals surface area contributed by atoms with Crippen molar-refractivity contribution in [2.24, 2.45) is 0 Å². The van der Waals surface area contributed by atoms with E-state index < -0.39 is 10.0 Å². The van der Waals surface area contributed by atoms with E-state index in [1.54, 1.807) is 31.3 Å². The first-order chi connectivity index (χ1) is 8.38. The molecule has 0 radical (unpaired) electrons. The van der Waals surface area contributed by atoms with Gasteiger partial charge in [-0.2, -0.15) is 4.31 Å². The molecule has 0 aliphatic rings. The van der Waals surface area contributed by atoms with Gasteiger partial charge in [0.05, 0.1) is 5.75 Å². The van der Waals surface area contributed by atoms with Crippen LogP contribution in [0, 0.1) is 0 Å². The van der Waals surface area contributed by atoms with Gasteiger partial charge in [-0.1, -0.05) is 25.5 Å². The van der Waals surface area contributed by atoms with Crippen molar-refractivity contribution in [2.75, 3.05) is 12.8 Å². The minimum Gasteiger partial charge on any atom is -0.508 e. The summed E-state index contributed by atoms with van der Waals surface area (Å²) < 4.78 is 25.5. The fourth-order valence-corrected chi connectivity index (χ4v) is 3.22. The van der Waals surface area contributed by atoms with Gasteiger partial charge in [0.2, 0.25) is 10.0 Å². The largest absolute Gasteiger partial charge is 0.508 e. The number of unbranched alkanes of at least 4 members (excludes halogenated alkanes) is 1. The van der Waals surface area contributed by atoms with E-state index in [0.717, 1.165) is 12.0 Å². The van der Waals surface area contributed by atoms with Crippen LogP contribution >= 0.6 is 0 Å². The molecule has 4 nitrogen and oxygen atoms in total. The van der Waals surface area contributed by atoms with Crippen LogP contribution in [0.5, 0.6) is 5.75 Å². The maximum absolute atomic E-state index is 12.0. The molecule has 0 aliphatic carbocycles. The Kier molecular flexibility index (Phi) is 5.16. The van der Waals surface area contributed by atoms with Gasteiger partial charge in [0.1, 0.15) is 5.75 Å². The number of phenols is 1. The number of phenolic OH excluding ortho intramolecular Hbond substituents is 1. The monoisotopic (exact) mass is 271 g/mol. The molecule has 5 heteroatoms. The highest BCUT2D eigenvalue weighted by molar-refractivity contribution is 7.89. The second-order valence-electron chi connectivity index (χ2n) is 4.45. The zero-order chi connectivity index (χ0) is 13.8. The average molecular weight is 271 g/mol. The van der Waals surface area contributed by atoms with Gasteiger partial charge in [-0.25, -0.2) is 8.42 Å². The molecule has 0 bridgehead atoms. The third-order valence-corrected chi connectivity index (χ3v) is 5.11. The molecule has 18 heavy (non-hydrogen) atoms. The molecule has 1 atom stereocenters. The molecule has 1 N–H and O–H groups in total. The molecule has 0 fully saturated rings. The van der Waals surface area contributed by atoms with E-state index in [4.69, 9.17) is 0 Å². The first kappa shape index (κ1) is 15.0. The van der Waals surface area contributed by atoms with Crippen LogP contribution in [-0.2, 0) is 10.0 Å².